The van der Waals surface area contributed by atoms with E-state index in [-0.39, 0.29) is 10.9 Å². The lowest BCUT2D eigenvalue weighted by Gasteiger charge is -1.97. The molecule has 78 valence electrons. The Balaban J connectivity index is 2.40. The van der Waals surface area contributed by atoms with Crippen LogP contribution in [0.25, 0.3) is 11.3 Å². The fourth-order valence-electron chi connectivity index (χ4n) is 1.17. The van der Waals surface area contributed by atoms with E-state index < -0.39 is 5.82 Å². The van der Waals surface area contributed by atoms with Crippen LogP contribution in [0.3, 0.4) is 0 Å². The minimum atomic E-state index is -0.457. The summed E-state index contributed by atoms with van der Waals surface area (Å²) in [6.07, 6.45) is 0. The molecule has 2 rings (SSSR count). The Kier molecular flexibility index (Phi) is 2.93. The van der Waals surface area contributed by atoms with E-state index in [4.69, 9.17) is 27.7 Å². The second-order valence-electron chi connectivity index (χ2n) is 2.94. The van der Waals surface area contributed by atoms with Crippen molar-refractivity contribution in [2.45, 2.75) is 5.88 Å². The molecule has 0 aliphatic rings. The van der Waals surface area contributed by atoms with Crippen LogP contribution in [0.2, 0.25) is 5.02 Å². The van der Waals surface area contributed by atoms with E-state index in [9.17, 15) is 4.39 Å². The van der Waals surface area contributed by atoms with Gasteiger partial charge < -0.3 is 4.52 Å². The van der Waals surface area contributed by atoms with Crippen LogP contribution in [0.5, 0.6) is 0 Å². The fraction of sp³-hybridized carbons (Fsp3) is 0.100. The summed E-state index contributed by atoms with van der Waals surface area (Å²) in [6, 6.07) is 6.05. The summed E-state index contributed by atoms with van der Waals surface area (Å²) in [5.41, 5.74) is 1.29. The van der Waals surface area contributed by atoms with Crippen LogP contribution < -0.4 is 0 Å². The molecule has 0 spiro atoms. The second-order valence-corrected chi connectivity index (χ2v) is 3.62. The molecule has 15 heavy (non-hydrogen) atoms. The van der Waals surface area contributed by atoms with E-state index in [1.54, 1.807) is 12.1 Å². The third-order valence-corrected chi connectivity index (χ3v) is 2.46. The summed E-state index contributed by atoms with van der Waals surface area (Å²) in [6.45, 7) is 0. The van der Waals surface area contributed by atoms with Gasteiger partial charge in [-0.05, 0) is 18.2 Å². The molecule has 0 amide bonds. The van der Waals surface area contributed by atoms with Crippen molar-refractivity contribution in [3.8, 4) is 11.3 Å². The fourth-order valence-corrected chi connectivity index (χ4v) is 1.47. The van der Waals surface area contributed by atoms with Crippen molar-refractivity contribution in [2.75, 3.05) is 0 Å². The molecular formula is C10H6Cl2FNO. The van der Waals surface area contributed by atoms with Crippen LogP contribution in [0, 0.1) is 5.82 Å². The van der Waals surface area contributed by atoms with E-state index in [0.717, 1.165) is 0 Å². The van der Waals surface area contributed by atoms with E-state index >= 15 is 0 Å². The van der Waals surface area contributed by atoms with E-state index in [1.165, 1.54) is 12.1 Å². The van der Waals surface area contributed by atoms with Gasteiger partial charge in [0, 0.05) is 11.6 Å². The molecule has 0 unspecified atom stereocenters. The van der Waals surface area contributed by atoms with E-state index in [0.29, 0.717) is 17.0 Å². The highest BCUT2D eigenvalue weighted by Gasteiger charge is 2.07. The van der Waals surface area contributed by atoms with Gasteiger partial charge in [0.15, 0.2) is 5.76 Å². The van der Waals surface area contributed by atoms with Crippen LogP contribution in [0.15, 0.2) is 28.8 Å². The molecule has 0 radical (unpaired) electrons. The predicted molar refractivity (Wildman–Crippen MR) is 56.5 cm³/mol. The summed E-state index contributed by atoms with van der Waals surface area (Å²) < 4.78 is 17.8. The highest BCUT2D eigenvalue weighted by Crippen LogP contribution is 2.24. The molecule has 0 atom stereocenters. The number of rotatable bonds is 2. The summed E-state index contributed by atoms with van der Waals surface area (Å²) in [4.78, 5) is 0. The topological polar surface area (TPSA) is 26.0 Å². The Morgan fingerprint density at radius 3 is 2.73 bits per heavy atom. The largest absolute Gasteiger partial charge is 0.359 e. The van der Waals surface area contributed by atoms with Crippen molar-refractivity contribution in [3.63, 3.8) is 0 Å². The third-order valence-electron chi connectivity index (χ3n) is 1.91. The number of alkyl halides is 1. The van der Waals surface area contributed by atoms with Crippen molar-refractivity contribution in [3.05, 3.63) is 40.9 Å². The summed E-state index contributed by atoms with van der Waals surface area (Å²) in [5.74, 6) is 0.357. The van der Waals surface area contributed by atoms with Crippen molar-refractivity contribution in [1.82, 2.24) is 5.16 Å². The van der Waals surface area contributed by atoms with Gasteiger partial charge in [-0.25, -0.2) is 4.39 Å². The second kappa shape index (κ2) is 4.21. The van der Waals surface area contributed by atoms with Crippen molar-refractivity contribution >= 4 is 23.2 Å². The molecule has 0 saturated carbocycles. The number of halogens is 3. The lowest BCUT2D eigenvalue weighted by atomic mass is 10.1. The summed E-state index contributed by atoms with van der Waals surface area (Å²) in [5, 5.41) is 3.85. The van der Waals surface area contributed by atoms with Gasteiger partial charge in [0.05, 0.1) is 10.9 Å². The number of benzene rings is 1. The Bertz CT molecular complexity index is 484. The van der Waals surface area contributed by atoms with Gasteiger partial charge in [-0.1, -0.05) is 16.8 Å². The monoisotopic (exact) mass is 245 g/mol. The minimum Gasteiger partial charge on any atom is -0.359 e. The molecule has 0 bridgehead atoms. The van der Waals surface area contributed by atoms with Crippen molar-refractivity contribution in [2.24, 2.45) is 0 Å². The smallest absolute Gasteiger partial charge is 0.152 e. The standard InChI is InChI=1S/C10H6Cl2FNO/c11-5-7-4-10(14-15-7)6-1-2-9(13)8(12)3-6/h1-4H,5H2. The average Bonchev–Trinajstić information content (AvgIpc) is 2.70. The molecule has 0 aliphatic heterocycles. The number of hydrogen-bond donors (Lipinski definition) is 0. The highest BCUT2D eigenvalue weighted by molar-refractivity contribution is 6.31. The maximum atomic E-state index is 12.9. The zero-order valence-corrected chi connectivity index (χ0v) is 9.02. The zero-order chi connectivity index (χ0) is 10.8. The predicted octanol–water partition coefficient (Wildman–Crippen LogP) is 3.87. The maximum Gasteiger partial charge on any atom is 0.152 e. The quantitative estimate of drug-likeness (QED) is 0.751. The third kappa shape index (κ3) is 2.13. The molecule has 0 aliphatic carbocycles. The van der Waals surface area contributed by atoms with E-state index in [2.05, 4.69) is 5.16 Å². The zero-order valence-electron chi connectivity index (χ0n) is 7.51. The van der Waals surface area contributed by atoms with E-state index in [1.807, 2.05) is 0 Å². The molecule has 1 aromatic carbocycles. The Morgan fingerprint density at radius 2 is 2.13 bits per heavy atom. The van der Waals surface area contributed by atoms with Crippen LogP contribution in [-0.2, 0) is 5.88 Å². The number of nitrogens with zero attached hydrogens (tertiary/aromatic N) is 1. The van der Waals surface area contributed by atoms with Crippen LogP contribution in [0.1, 0.15) is 5.76 Å². The molecular weight excluding hydrogens is 240 g/mol. The maximum absolute atomic E-state index is 12.9. The molecule has 5 heteroatoms. The van der Waals surface area contributed by atoms with Gasteiger partial charge in [-0.2, -0.15) is 0 Å². The Hall–Kier alpha value is -1.06. The molecule has 0 N–H and O–H groups in total. The average molecular weight is 246 g/mol. The summed E-state index contributed by atoms with van der Waals surface area (Å²) in [7, 11) is 0. The summed E-state index contributed by atoms with van der Waals surface area (Å²) >= 11 is 11.2. The van der Waals surface area contributed by atoms with Gasteiger partial charge in [0.2, 0.25) is 0 Å². The molecule has 0 saturated heterocycles. The number of hydrogen-bond acceptors (Lipinski definition) is 2. The van der Waals surface area contributed by atoms with Gasteiger partial charge >= 0.3 is 0 Å². The minimum absolute atomic E-state index is 0.0583. The highest BCUT2D eigenvalue weighted by atomic mass is 35.5. The lowest BCUT2D eigenvalue weighted by Crippen LogP contribution is -1.80. The molecule has 2 aromatic rings. The van der Waals surface area contributed by atoms with Gasteiger partial charge in [0.1, 0.15) is 11.5 Å². The molecule has 1 heterocycles. The Labute approximate surface area is 95.6 Å². The Morgan fingerprint density at radius 1 is 1.33 bits per heavy atom. The molecule has 0 fully saturated rings. The van der Waals surface area contributed by atoms with Gasteiger partial charge in [-0.3, -0.25) is 0 Å². The van der Waals surface area contributed by atoms with Crippen LogP contribution in [-0.4, -0.2) is 5.16 Å². The first kappa shape index (κ1) is 10.5. The normalized spacial score (nSPS) is 10.6. The van der Waals surface area contributed by atoms with Crippen molar-refractivity contribution < 1.29 is 8.91 Å². The van der Waals surface area contributed by atoms with Crippen molar-refractivity contribution in [1.29, 1.82) is 0 Å². The lowest BCUT2D eigenvalue weighted by molar-refractivity contribution is 0.396. The van der Waals surface area contributed by atoms with Crippen LogP contribution >= 0.6 is 23.2 Å². The first-order chi connectivity index (χ1) is 7.20. The molecule has 2 nitrogen and oxygen atoms in total. The molecule has 1 aromatic heterocycles. The van der Waals surface area contributed by atoms with Gasteiger partial charge in [-0.15, -0.1) is 11.6 Å². The SMILES string of the molecule is Fc1ccc(-c2cc(CCl)on2)cc1Cl. The first-order valence-corrected chi connectivity index (χ1v) is 5.09. The van der Waals surface area contributed by atoms with Gasteiger partial charge in [0.25, 0.3) is 0 Å². The number of aromatic nitrogens is 1. The van der Waals surface area contributed by atoms with Crippen LogP contribution in [0.4, 0.5) is 4.39 Å². The first-order valence-electron chi connectivity index (χ1n) is 4.17.